The Morgan fingerprint density at radius 1 is 1.42 bits per heavy atom. The first-order valence-corrected chi connectivity index (χ1v) is 6.84. The smallest absolute Gasteiger partial charge is 0.133 e. The van der Waals surface area contributed by atoms with Crippen molar-refractivity contribution in [2.45, 2.75) is 19.4 Å². The SMILES string of the molecule is COc1ccc(Cn2cc(CCCO)nn2)cc1Br. The highest BCUT2D eigenvalue weighted by molar-refractivity contribution is 9.10. The molecule has 102 valence electrons. The molecule has 0 saturated heterocycles. The van der Waals surface area contributed by atoms with Crippen LogP contribution in [0, 0.1) is 0 Å². The molecule has 1 aromatic heterocycles. The molecule has 0 atom stereocenters. The molecule has 0 bridgehead atoms. The van der Waals surface area contributed by atoms with E-state index in [4.69, 9.17) is 9.84 Å². The predicted octanol–water partition coefficient (Wildman–Crippen LogP) is 2.02. The lowest BCUT2D eigenvalue weighted by molar-refractivity contribution is 0.288. The first kappa shape index (κ1) is 14.0. The molecule has 0 aliphatic rings. The predicted molar refractivity (Wildman–Crippen MR) is 75.2 cm³/mol. The molecule has 0 radical (unpaired) electrons. The van der Waals surface area contributed by atoms with E-state index >= 15 is 0 Å². The summed E-state index contributed by atoms with van der Waals surface area (Å²) in [7, 11) is 1.64. The van der Waals surface area contributed by atoms with Crippen molar-refractivity contribution in [2.75, 3.05) is 13.7 Å². The maximum absolute atomic E-state index is 8.78. The average molecular weight is 326 g/mol. The Bertz CT molecular complexity index is 542. The fraction of sp³-hybridized carbons (Fsp3) is 0.385. The Morgan fingerprint density at radius 2 is 2.26 bits per heavy atom. The molecule has 0 aliphatic carbocycles. The van der Waals surface area contributed by atoms with Crippen LogP contribution in [0.2, 0.25) is 0 Å². The number of hydrogen-bond acceptors (Lipinski definition) is 4. The lowest BCUT2D eigenvalue weighted by Crippen LogP contribution is -2.00. The van der Waals surface area contributed by atoms with Gasteiger partial charge < -0.3 is 9.84 Å². The van der Waals surface area contributed by atoms with Crippen LogP contribution >= 0.6 is 15.9 Å². The number of aliphatic hydroxyl groups is 1. The number of aliphatic hydroxyl groups excluding tert-OH is 1. The summed E-state index contributed by atoms with van der Waals surface area (Å²) in [5.41, 5.74) is 2.02. The highest BCUT2D eigenvalue weighted by Crippen LogP contribution is 2.25. The van der Waals surface area contributed by atoms with Gasteiger partial charge in [0.15, 0.2) is 0 Å². The van der Waals surface area contributed by atoms with Crippen LogP contribution in [-0.4, -0.2) is 33.8 Å². The summed E-state index contributed by atoms with van der Waals surface area (Å²) >= 11 is 3.46. The van der Waals surface area contributed by atoms with Crippen LogP contribution in [0.5, 0.6) is 5.75 Å². The summed E-state index contributed by atoms with van der Waals surface area (Å²) in [6.45, 7) is 0.840. The Kier molecular flexibility index (Phi) is 4.93. The third-order valence-corrected chi connectivity index (χ3v) is 3.36. The van der Waals surface area contributed by atoms with Crippen LogP contribution in [-0.2, 0) is 13.0 Å². The minimum absolute atomic E-state index is 0.179. The maximum atomic E-state index is 8.78. The molecule has 0 aliphatic heterocycles. The van der Waals surface area contributed by atoms with Gasteiger partial charge in [0.1, 0.15) is 5.75 Å². The molecule has 0 fully saturated rings. The van der Waals surface area contributed by atoms with Crippen LogP contribution < -0.4 is 4.74 Å². The molecule has 1 N–H and O–H groups in total. The fourth-order valence-electron chi connectivity index (χ4n) is 1.79. The molecule has 0 amide bonds. The van der Waals surface area contributed by atoms with E-state index in [-0.39, 0.29) is 6.61 Å². The summed E-state index contributed by atoms with van der Waals surface area (Å²) in [6, 6.07) is 5.93. The number of hydrogen-bond donors (Lipinski definition) is 1. The number of aryl methyl sites for hydroxylation is 1. The lowest BCUT2D eigenvalue weighted by atomic mass is 10.2. The molecule has 19 heavy (non-hydrogen) atoms. The standard InChI is InChI=1S/C13H16BrN3O2/c1-19-13-5-4-10(7-12(13)14)8-17-9-11(15-16-17)3-2-6-18/h4-5,7,9,18H,2-3,6,8H2,1H3. The molecule has 2 aromatic rings. The normalized spacial score (nSPS) is 10.7. The zero-order valence-corrected chi connectivity index (χ0v) is 12.3. The van der Waals surface area contributed by atoms with Crippen molar-refractivity contribution >= 4 is 15.9 Å². The summed E-state index contributed by atoms with van der Waals surface area (Å²) in [5, 5.41) is 16.9. The van der Waals surface area contributed by atoms with E-state index in [1.165, 1.54) is 0 Å². The van der Waals surface area contributed by atoms with Crippen molar-refractivity contribution in [3.63, 3.8) is 0 Å². The van der Waals surface area contributed by atoms with Gasteiger partial charge in [0, 0.05) is 12.8 Å². The van der Waals surface area contributed by atoms with Crippen molar-refractivity contribution in [3.8, 4) is 5.75 Å². The molecule has 1 aromatic carbocycles. The van der Waals surface area contributed by atoms with Crippen molar-refractivity contribution in [1.82, 2.24) is 15.0 Å². The molecule has 5 nitrogen and oxygen atoms in total. The zero-order valence-electron chi connectivity index (χ0n) is 10.7. The first-order chi connectivity index (χ1) is 9.22. The van der Waals surface area contributed by atoms with Crippen LogP contribution in [0.1, 0.15) is 17.7 Å². The molecule has 2 rings (SSSR count). The van der Waals surface area contributed by atoms with Crippen molar-refractivity contribution in [1.29, 1.82) is 0 Å². The zero-order chi connectivity index (χ0) is 13.7. The van der Waals surface area contributed by atoms with Gasteiger partial charge in [0.05, 0.1) is 23.8 Å². The van der Waals surface area contributed by atoms with Gasteiger partial charge >= 0.3 is 0 Å². The van der Waals surface area contributed by atoms with Crippen LogP contribution in [0.25, 0.3) is 0 Å². The Balaban J connectivity index is 2.04. The van der Waals surface area contributed by atoms with Gasteiger partial charge in [-0.05, 0) is 46.5 Å². The Morgan fingerprint density at radius 3 is 2.95 bits per heavy atom. The Labute approximate surface area is 120 Å². The quantitative estimate of drug-likeness (QED) is 0.882. The van der Waals surface area contributed by atoms with Gasteiger partial charge in [-0.25, -0.2) is 4.68 Å². The van der Waals surface area contributed by atoms with Crippen LogP contribution in [0.4, 0.5) is 0 Å². The highest BCUT2D eigenvalue weighted by Gasteiger charge is 2.04. The number of methoxy groups -OCH3 is 1. The molecule has 0 unspecified atom stereocenters. The Hall–Kier alpha value is -1.40. The summed E-state index contributed by atoms with van der Waals surface area (Å²) in [5.74, 6) is 0.811. The maximum Gasteiger partial charge on any atom is 0.133 e. The molecule has 1 heterocycles. The first-order valence-electron chi connectivity index (χ1n) is 6.05. The largest absolute Gasteiger partial charge is 0.496 e. The van der Waals surface area contributed by atoms with Gasteiger partial charge in [0.2, 0.25) is 0 Å². The van der Waals surface area contributed by atoms with Gasteiger partial charge in [0.25, 0.3) is 0 Å². The monoisotopic (exact) mass is 325 g/mol. The summed E-state index contributed by atoms with van der Waals surface area (Å²) < 4.78 is 7.91. The summed E-state index contributed by atoms with van der Waals surface area (Å²) in [4.78, 5) is 0. The number of halogens is 1. The molecule has 0 spiro atoms. The number of rotatable bonds is 6. The van der Waals surface area contributed by atoms with E-state index in [0.717, 1.165) is 27.9 Å². The molecular formula is C13H16BrN3O2. The highest BCUT2D eigenvalue weighted by atomic mass is 79.9. The van der Waals surface area contributed by atoms with Crippen molar-refractivity contribution in [3.05, 3.63) is 40.1 Å². The third kappa shape index (κ3) is 3.78. The number of ether oxygens (including phenoxy) is 1. The third-order valence-electron chi connectivity index (χ3n) is 2.74. The van der Waals surface area contributed by atoms with Crippen molar-refractivity contribution < 1.29 is 9.84 Å². The van der Waals surface area contributed by atoms with E-state index < -0.39 is 0 Å². The van der Waals surface area contributed by atoms with Gasteiger partial charge in [-0.15, -0.1) is 5.10 Å². The second-order valence-corrected chi connectivity index (χ2v) is 5.06. The van der Waals surface area contributed by atoms with E-state index in [1.807, 2.05) is 24.4 Å². The van der Waals surface area contributed by atoms with E-state index in [1.54, 1.807) is 11.8 Å². The number of nitrogens with zero attached hydrogens (tertiary/aromatic N) is 3. The van der Waals surface area contributed by atoms with Crippen LogP contribution in [0.3, 0.4) is 0 Å². The van der Waals surface area contributed by atoms with E-state index in [0.29, 0.717) is 13.0 Å². The molecule has 0 saturated carbocycles. The minimum atomic E-state index is 0.179. The van der Waals surface area contributed by atoms with Gasteiger partial charge in [-0.2, -0.15) is 0 Å². The van der Waals surface area contributed by atoms with Gasteiger partial charge in [-0.3, -0.25) is 0 Å². The second-order valence-electron chi connectivity index (χ2n) is 4.20. The number of aromatic nitrogens is 3. The lowest BCUT2D eigenvalue weighted by Gasteiger charge is -2.06. The minimum Gasteiger partial charge on any atom is -0.496 e. The van der Waals surface area contributed by atoms with E-state index in [9.17, 15) is 0 Å². The fourth-order valence-corrected chi connectivity index (χ4v) is 2.37. The molecular weight excluding hydrogens is 310 g/mol. The van der Waals surface area contributed by atoms with Crippen LogP contribution in [0.15, 0.2) is 28.9 Å². The molecule has 6 heteroatoms. The second kappa shape index (κ2) is 6.68. The van der Waals surface area contributed by atoms with Gasteiger partial charge in [-0.1, -0.05) is 11.3 Å². The topological polar surface area (TPSA) is 60.2 Å². The summed E-state index contributed by atoms with van der Waals surface area (Å²) in [6.07, 6.45) is 3.38. The number of benzene rings is 1. The average Bonchev–Trinajstić information content (AvgIpc) is 2.84. The van der Waals surface area contributed by atoms with Crippen molar-refractivity contribution in [2.24, 2.45) is 0 Å². The van der Waals surface area contributed by atoms with E-state index in [2.05, 4.69) is 26.2 Å².